The number of methoxy groups -OCH3 is 1. The Balaban J connectivity index is 2.08. The van der Waals surface area contributed by atoms with Gasteiger partial charge in [0.1, 0.15) is 18.1 Å². The van der Waals surface area contributed by atoms with Crippen LogP contribution in [0.2, 0.25) is 0 Å². The zero-order valence-corrected chi connectivity index (χ0v) is 15.6. The van der Waals surface area contributed by atoms with E-state index in [2.05, 4.69) is 18.6 Å². The van der Waals surface area contributed by atoms with Crippen molar-refractivity contribution in [2.24, 2.45) is 0 Å². The first-order valence-electron chi connectivity index (χ1n) is 8.36. The summed E-state index contributed by atoms with van der Waals surface area (Å²) in [6.07, 6.45) is 0. The summed E-state index contributed by atoms with van der Waals surface area (Å²) in [5.74, 6) is 0.861. The summed E-state index contributed by atoms with van der Waals surface area (Å²) in [6.45, 7) is 5.72. The summed E-state index contributed by atoms with van der Waals surface area (Å²) >= 11 is 0. The molecule has 138 valence electrons. The molecule has 5 heteroatoms. The minimum absolute atomic E-state index is 0.0103. The second-order valence-corrected chi connectivity index (χ2v) is 6.53. The van der Waals surface area contributed by atoms with Crippen molar-refractivity contribution in [1.82, 2.24) is 0 Å². The smallest absolute Gasteiger partial charge is 0.343 e. The highest BCUT2D eigenvalue weighted by molar-refractivity contribution is 5.77. The molecule has 0 N–H and O–H groups in total. The van der Waals surface area contributed by atoms with Crippen LogP contribution in [0.25, 0.3) is 0 Å². The Kier molecular flexibility index (Phi) is 6.39. The van der Waals surface area contributed by atoms with Gasteiger partial charge in [-0.15, -0.1) is 0 Å². The molecule has 0 aliphatic rings. The topological polar surface area (TPSA) is 61.8 Å². The van der Waals surface area contributed by atoms with Crippen molar-refractivity contribution in [1.29, 1.82) is 0 Å². The molecule has 0 aliphatic heterocycles. The quantitative estimate of drug-likeness (QED) is 0.677. The molecule has 0 bridgehead atoms. The molecular weight excluding hydrogens is 332 g/mol. The first-order valence-corrected chi connectivity index (χ1v) is 8.36. The largest absolute Gasteiger partial charge is 0.486 e. The SMILES string of the molecule is COC(=O)COc1ccc(C(C)(C)c2ccc(OCC(C)=O)cc2)cc1. The van der Waals surface area contributed by atoms with Gasteiger partial charge in [-0.2, -0.15) is 0 Å². The predicted octanol–water partition coefficient (Wildman–Crippen LogP) is 3.53. The fourth-order valence-electron chi connectivity index (χ4n) is 2.49. The third-order valence-electron chi connectivity index (χ3n) is 4.18. The van der Waals surface area contributed by atoms with Crippen molar-refractivity contribution in [2.45, 2.75) is 26.2 Å². The number of carbonyl (C=O) groups excluding carboxylic acids is 2. The van der Waals surface area contributed by atoms with E-state index in [1.54, 1.807) is 0 Å². The van der Waals surface area contributed by atoms with E-state index >= 15 is 0 Å². The fourth-order valence-corrected chi connectivity index (χ4v) is 2.49. The van der Waals surface area contributed by atoms with Crippen LogP contribution < -0.4 is 9.47 Å². The molecule has 0 fully saturated rings. The van der Waals surface area contributed by atoms with Gasteiger partial charge in [0.05, 0.1) is 7.11 Å². The van der Waals surface area contributed by atoms with E-state index in [1.165, 1.54) is 14.0 Å². The van der Waals surface area contributed by atoms with Gasteiger partial charge >= 0.3 is 5.97 Å². The fraction of sp³-hybridized carbons (Fsp3) is 0.333. The molecule has 0 aromatic heterocycles. The summed E-state index contributed by atoms with van der Waals surface area (Å²) in [5.41, 5.74) is 2.01. The molecule has 0 saturated carbocycles. The zero-order chi connectivity index (χ0) is 19.2. The molecule has 0 radical (unpaired) electrons. The van der Waals surface area contributed by atoms with Crippen LogP contribution in [0.4, 0.5) is 0 Å². The number of ether oxygens (including phenoxy) is 3. The maximum Gasteiger partial charge on any atom is 0.343 e. The Morgan fingerprint density at radius 3 is 1.62 bits per heavy atom. The molecule has 2 aromatic carbocycles. The normalized spacial score (nSPS) is 10.9. The number of Topliss-reactive ketones (excluding diaryl/α,β-unsaturated/α-hetero) is 1. The van der Waals surface area contributed by atoms with E-state index in [-0.39, 0.29) is 24.4 Å². The van der Waals surface area contributed by atoms with E-state index < -0.39 is 5.97 Å². The van der Waals surface area contributed by atoms with Crippen LogP contribution in [-0.2, 0) is 19.7 Å². The number of rotatable bonds is 8. The zero-order valence-electron chi connectivity index (χ0n) is 15.6. The highest BCUT2D eigenvalue weighted by atomic mass is 16.6. The number of hydrogen-bond donors (Lipinski definition) is 0. The van der Waals surface area contributed by atoms with Gasteiger partial charge in [0.2, 0.25) is 0 Å². The minimum Gasteiger partial charge on any atom is -0.486 e. The van der Waals surface area contributed by atoms with Crippen molar-refractivity contribution < 1.29 is 23.8 Å². The van der Waals surface area contributed by atoms with E-state index in [0.29, 0.717) is 11.5 Å². The van der Waals surface area contributed by atoms with Gasteiger partial charge in [-0.05, 0) is 42.3 Å². The van der Waals surface area contributed by atoms with Crippen LogP contribution >= 0.6 is 0 Å². The van der Waals surface area contributed by atoms with Crippen molar-refractivity contribution in [3.63, 3.8) is 0 Å². The standard InChI is InChI=1S/C21H24O5/c1-15(22)13-25-18-9-5-16(6-10-18)21(2,3)17-7-11-19(12-8-17)26-14-20(23)24-4/h5-12H,13-14H2,1-4H3. The van der Waals surface area contributed by atoms with E-state index in [0.717, 1.165) is 11.1 Å². The number of carbonyl (C=O) groups is 2. The monoisotopic (exact) mass is 356 g/mol. The first-order chi connectivity index (χ1) is 12.3. The Morgan fingerprint density at radius 1 is 0.808 bits per heavy atom. The number of esters is 1. The molecule has 0 atom stereocenters. The third-order valence-corrected chi connectivity index (χ3v) is 4.18. The van der Waals surface area contributed by atoms with Gasteiger partial charge < -0.3 is 14.2 Å². The van der Waals surface area contributed by atoms with E-state index in [1.807, 2.05) is 48.5 Å². The Labute approximate surface area is 153 Å². The lowest BCUT2D eigenvalue weighted by Gasteiger charge is -2.26. The number of benzene rings is 2. The van der Waals surface area contributed by atoms with Crippen molar-refractivity contribution in [3.8, 4) is 11.5 Å². The lowest BCUT2D eigenvalue weighted by atomic mass is 9.78. The molecule has 2 aromatic rings. The van der Waals surface area contributed by atoms with E-state index in [4.69, 9.17) is 9.47 Å². The Bertz CT molecular complexity index is 745. The molecule has 0 heterocycles. The molecule has 26 heavy (non-hydrogen) atoms. The van der Waals surface area contributed by atoms with E-state index in [9.17, 15) is 9.59 Å². The second-order valence-electron chi connectivity index (χ2n) is 6.53. The van der Waals surface area contributed by atoms with Crippen LogP contribution in [-0.4, -0.2) is 32.1 Å². The van der Waals surface area contributed by atoms with Gasteiger partial charge in [-0.25, -0.2) is 4.79 Å². The van der Waals surface area contributed by atoms with Gasteiger partial charge in [-0.1, -0.05) is 38.1 Å². The average Bonchev–Trinajstić information content (AvgIpc) is 2.65. The molecule has 0 aliphatic carbocycles. The summed E-state index contributed by atoms with van der Waals surface area (Å²) < 4.78 is 15.3. The number of hydrogen-bond acceptors (Lipinski definition) is 5. The first kappa shape index (κ1) is 19.5. The highest BCUT2D eigenvalue weighted by Crippen LogP contribution is 2.33. The molecule has 0 amide bonds. The second kappa shape index (κ2) is 8.52. The molecule has 0 spiro atoms. The minimum atomic E-state index is -0.415. The van der Waals surface area contributed by atoms with Crippen LogP contribution in [0.5, 0.6) is 11.5 Å². The van der Waals surface area contributed by atoms with Crippen molar-refractivity contribution in [2.75, 3.05) is 20.3 Å². The summed E-state index contributed by atoms with van der Waals surface area (Å²) in [4.78, 5) is 22.1. The highest BCUT2D eigenvalue weighted by Gasteiger charge is 2.23. The molecule has 2 rings (SSSR count). The lowest BCUT2D eigenvalue weighted by Crippen LogP contribution is -2.19. The van der Waals surface area contributed by atoms with Crippen LogP contribution in [0.1, 0.15) is 31.9 Å². The molecule has 0 unspecified atom stereocenters. The summed E-state index contributed by atoms with van der Waals surface area (Å²) in [6, 6.07) is 15.4. The van der Waals surface area contributed by atoms with Gasteiger partial charge in [0.25, 0.3) is 0 Å². The molecule has 5 nitrogen and oxygen atoms in total. The molecular formula is C21H24O5. The Morgan fingerprint density at radius 2 is 1.23 bits per heavy atom. The van der Waals surface area contributed by atoms with Gasteiger partial charge in [-0.3, -0.25) is 4.79 Å². The number of ketones is 1. The maximum absolute atomic E-state index is 11.1. The maximum atomic E-state index is 11.1. The van der Waals surface area contributed by atoms with Crippen LogP contribution in [0, 0.1) is 0 Å². The summed E-state index contributed by atoms with van der Waals surface area (Å²) in [7, 11) is 1.33. The van der Waals surface area contributed by atoms with Crippen molar-refractivity contribution >= 4 is 11.8 Å². The van der Waals surface area contributed by atoms with Gasteiger partial charge in [0.15, 0.2) is 12.4 Å². The lowest BCUT2D eigenvalue weighted by molar-refractivity contribution is -0.142. The van der Waals surface area contributed by atoms with Gasteiger partial charge in [0, 0.05) is 5.41 Å². The summed E-state index contributed by atoms with van der Waals surface area (Å²) in [5, 5.41) is 0. The van der Waals surface area contributed by atoms with Crippen LogP contribution in [0.3, 0.4) is 0 Å². The van der Waals surface area contributed by atoms with Crippen molar-refractivity contribution in [3.05, 3.63) is 59.7 Å². The third kappa shape index (κ3) is 5.09. The predicted molar refractivity (Wildman–Crippen MR) is 98.7 cm³/mol. The van der Waals surface area contributed by atoms with Crippen LogP contribution in [0.15, 0.2) is 48.5 Å². The Hall–Kier alpha value is -2.82. The molecule has 0 saturated heterocycles. The average molecular weight is 356 g/mol.